The number of hydrogen-bond donors (Lipinski definition) is 0. The first-order chi connectivity index (χ1) is 8.20. The number of piperazine rings is 1. The van der Waals surface area contributed by atoms with E-state index in [1.807, 2.05) is 17.0 Å². The van der Waals surface area contributed by atoms with Crippen molar-refractivity contribution in [1.82, 2.24) is 9.80 Å². The molecule has 0 saturated carbocycles. The molecule has 1 saturated heterocycles. The van der Waals surface area contributed by atoms with Gasteiger partial charge in [-0.15, -0.1) is 11.3 Å². The average molecular weight is 317 g/mol. The van der Waals surface area contributed by atoms with Gasteiger partial charge in [0.05, 0.1) is 8.66 Å². The summed E-state index contributed by atoms with van der Waals surface area (Å²) in [6, 6.07) is 3.83. The van der Waals surface area contributed by atoms with E-state index < -0.39 is 0 Å². The Kier molecular flexibility index (Phi) is 4.59. The molecule has 0 aromatic carbocycles. The van der Waals surface area contributed by atoms with E-state index in [1.54, 1.807) is 0 Å². The highest BCUT2D eigenvalue weighted by Crippen LogP contribution is 2.23. The molecule has 0 N–H and O–H groups in total. The molecule has 1 fully saturated rings. The zero-order chi connectivity index (χ0) is 12.3. The molecule has 0 unspecified atom stereocenters. The molecule has 0 aliphatic carbocycles. The van der Waals surface area contributed by atoms with Crippen molar-refractivity contribution in [3.63, 3.8) is 0 Å². The third kappa shape index (κ3) is 3.30. The quantitative estimate of drug-likeness (QED) is 0.856. The van der Waals surface area contributed by atoms with Gasteiger partial charge in [-0.2, -0.15) is 0 Å². The Morgan fingerprint density at radius 3 is 2.59 bits per heavy atom. The highest BCUT2D eigenvalue weighted by Gasteiger charge is 2.22. The van der Waals surface area contributed by atoms with Gasteiger partial charge >= 0.3 is 0 Å². The summed E-state index contributed by atoms with van der Waals surface area (Å²) in [6.07, 6.45) is 1.19. The van der Waals surface area contributed by atoms with Gasteiger partial charge in [0.25, 0.3) is 5.91 Å². The van der Waals surface area contributed by atoms with Crippen molar-refractivity contribution in [2.75, 3.05) is 32.7 Å². The van der Waals surface area contributed by atoms with Gasteiger partial charge in [0.2, 0.25) is 0 Å². The maximum absolute atomic E-state index is 12.2. The van der Waals surface area contributed by atoms with Gasteiger partial charge in [-0.3, -0.25) is 9.69 Å². The van der Waals surface area contributed by atoms with Crippen molar-refractivity contribution in [3.05, 3.63) is 20.8 Å². The van der Waals surface area contributed by atoms with E-state index in [2.05, 4.69) is 27.8 Å². The highest BCUT2D eigenvalue weighted by atomic mass is 79.9. The van der Waals surface area contributed by atoms with Crippen LogP contribution in [-0.2, 0) is 0 Å². The number of nitrogens with zero attached hydrogens (tertiary/aromatic N) is 2. The summed E-state index contributed by atoms with van der Waals surface area (Å²) >= 11 is 4.91. The molecule has 94 valence electrons. The minimum absolute atomic E-state index is 0.178. The molecular weight excluding hydrogens is 300 g/mol. The van der Waals surface area contributed by atoms with E-state index in [4.69, 9.17) is 0 Å². The molecule has 0 radical (unpaired) electrons. The predicted molar refractivity (Wildman–Crippen MR) is 74.7 cm³/mol. The molecule has 2 rings (SSSR count). The largest absolute Gasteiger partial charge is 0.335 e. The monoisotopic (exact) mass is 316 g/mol. The van der Waals surface area contributed by atoms with E-state index >= 15 is 0 Å². The van der Waals surface area contributed by atoms with Gasteiger partial charge in [0.15, 0.2) is 0 Å². The molecule has 1 aliphatic heterocycles. The van der Waals surface area contributed by atoms with E-state index in [1.165, 1.54) is 17.8 Å². The van der Waals surface area contributed by atoms with Crippen molar-refractivity contribution in [2.24, 2.45) is 0 Å². The first kappa shape index (κ1) is 13.1. The molecule has 0 atom stereocenters. The fourth-order valence-corrected chi connectivity index (χ4v) is 3.43. The molecule has 3 nitrogen and oxygen atoms in total. The maximum Gasteiger partial charge on any atom is 0.264 e. The number of halogens is 1. The molecule has 1 aromatic rings. The molecule has 17 heavy (non-hydrogen) atoms. The summed E-state index contributed by atoms with van der Waals surface area (Å²) in [5, 5.41) is 0. The minimum Gasteiger partial charge on any atom is -0.335 e. The van der Waals surface area contributed by atoms with E-state index in [0.717, 1.165) is 41.4 Å². The fraction of sp³-hybridized carbons (Fsp3) is 0.583. The van der Waals surface area contributed by atoms with Crippen LogP contribution in [0.2, 0.25) is 0 Å². The van der Waals surface area contributed by atoms with E-state index in [-0.39, 0.29) is 5.91 Å². The zero-order valence-corrected chi connectivity index (χ0v) is 12.4. The van der Waals surface area contributed by atoms with Gasteiger partial charge in [-0.25, -0.2) is 0 Å². The highest BCUT2D eigenvalue weighted by molar-refractivity contribution is 9.11. The van der Waals surface area contributed by atoms with Crippen LogP contribution >= 0.6 is 27.3 Å². The smallest absolute Gasteiger partial charge is 0.264 e. The summed E-state index contributed by atoms with van der Waals surface area (Å²) in [5.41, 5.74) is 0. The Hall–Kier alpha value is -0.390. The third-order valence-electron chi connectivity index (χ3n) is 2.98. The topological polar surface area (TPSA) is 23.6 Å². The summed E-state index contributed by atoms with van der Waals surface area (Å²) < 4.78 is 1.02. The Bertz CT molecular complexity index is 386. The van der Waals surface area contributed by atoms with Gasteiger partial charge < -0.3 is 4.90 Å². The number of amides is 1. The average Bonchev–Trinajstić information content (AvgIpc) is 2.76. The van der Waals surface area contributed by atoms with Crippen LogP contribution in [0.3, 0.4) is 0 Å². The van der Waals surface area contributed by atoms with Gasteiger partial charge in [0, 0.05) is 26.2 Å². The van der Waals surface area contributed by atoms with Gasteiger partial charge in [-0.05, 0) is 41.0 Å². The third-order valence-corrected chi connectivity index (χ3v) is 4.59. The second kappa shape index (κ2) is 5.98. The van der Waals surface area contributed by atoms with E-state index in [9.17, 15) is 4.79 Å². The lowest BCUT2D eigenvalue weighted by Crippen LogP contribution is -2.48. The molecule has 1 aliphatic rings. The molecular formula is C12H17BrN2OS. The first-order valence-electron chi connectivity index (χ1n) is 5.97. The second-order valence-corrected chi connectivity index (χ2v) is 6.70. The van der Waals surface area contributed by atoms with Crippen LogP contribution in [0.15, 0.2) is 15.9 Å². The van der Waals surface area contributed by atoms with Gasteiger partial charge in [-0.1, -0.05) is 6.92 Å². The van der Waals surface area contributed by atoms with Crippen LogP contribution in [0, 0.1) is 0 Å². The molecule has 1 amide bonds. The summed E-state index contributed by atoms with van der Waals surface area (Å²) in [7, 11) is 0. The normalized spacial score (nSPS) is 17.4. The van der Waals surface area contributed by atoms with Crippen molar-refractivity contribution in [2.45, 2.75) is 13.3 Å². The van der Waals surface area contributed by atoms with Crippen molar-refractivity contribution in [1.29, 1.82) is 0 Å². The fourth-order valence-electron chi connectivity index (χ4n) is 2.08. The number of rotatable bonds is 3. The lowest BCUT2D eigenvalue weighted by Gasteiger charge is -2.34. The summed E-state index contributed by atoms with van der Waals surface area (Å²) in [5.74, 6) is 0.178. The van der Waals surface area contributed by atoms with Crippen LogP contribution in [0.1, 0.15) is 23.0 Å². The van der Waals surface area contributed by atoms with E-state index in [0.29, 0.717) is 0 Å². The summed E-state index contributed by atoms with van der Waals surface area (Å²) in [4.78, 5) is 17.4. The lowest BCUT2D eigenvalue weighted by molar-refractivity contribution is 0.0642. The molecule has 0 spiro atoms. The number of carbonyl (C=O) groups excluding carboxylic acids is 1. The predicted octanol–water partition coefficient (Wildman–Crippen LogP) is 2.68. The first-order valence-corrected chi connectivity index (χ1v) is 7.58. The zero-order valence-electron chi connectivity index (χ0n) is 9.99. The number of hydrogen-bond acceptors (Lipinski definition) is 3. The maximum atomic E-state index is 12.2. The van der Waals surface area contributed by atoms with Crippen molar-refractivity contribution < 1.29 is 4.79 Å². The lowest BCUT2D eigenvalue weighted by atomic mass is 10.3. The molecule has 5 heteroatoms. The van der Waals surface area contributed by atoms with Crippen molar-refractivity contribution >= 4 is 33.2 Å². The second-order valence-electron chi connectivity index (χ2n) is 4.24. The Labute approximate surface area is 115 Å². The summed E-state index contributed by atoms with van der Waals surface area (Å²) in [6.45, 7) is 7.06. The van der Waals surface area contributed by atoms with Crippen LogP contribution in [0.4, 0.5) is 0 Å². The van der Waals surface area contributed by atoms with Crippen LogP contribution in [0.5, 0.6) is 0 Å². The van der Waals surface area contributed by atoms with Crippen molar-refractivity contribution in [3.8, 4) is 0 Å². The number of thiophene rings is 1. The Morgan fingerprint density at radius 2 is 2.06 bits per heavy atom. The van der Waals surface area contributed by atoms with Gasteiger partial charge in [0.1, 0.15) is 0 Å². The number of carbonyl (C=O) groups is 1. The minimum atomic E-state index is 0.178. The van der Waals surface area contributed by atoms with Crippen LogP contribution in [-0.4, -0.2) is 48.4 Å². The molecule has 2 heterocycles. The SMILES string of the molecule is CCCN1CCN(C(=O)c2ccc(Br)s2)CC1. The molecule has 1 aromatic heterocycles. The van der Waals surface area contributed by atoms with Crippen LogP contribution < -0.4 is 0 Å². The Morgan fingerprint density at radius 1 is 1.35 bits per heavy atom. The molecule has 0 bridgehead atoms. The van der Waals surface area contributed by atoms with Crippen LogP contribution in [0.25, 0.3) is 0 Å². The standard InChI is InChI=1S/C12H17BrN2OS/c1-2-5-14-6-8-15(9-7-14)12(16)10-3-4-11(13)17-10/h3-4H,2,5-9H2,1H3. The Balaban J connectivity index is 1.90.